The predicted molar refractivity (Wildman–Crippen MR) is 91.3 cm³/mol. The van der Waals surface area contributed by atoms with Crippen LogP contribution in [0, 0.1) is 0 Å². The minimum Gasteiger partial charge on any atom is -0.497 e. The summed E-state index contributed by atoms with van der Waals surface area (Å²) in [5.41, 5.74) is 1.84. The standard InChI is InChI=1S/C19H21NO4/c1-24-17-11-8-14(9-12-17)7-10-16(21)13-18(20-19(22)23)15-5-3-2-4-6-15/h2-6,8-9,11-12,18,20H,7,10,13H2,1H3,(H,22,23). The van der Waals surface area contributed by atoms with E-state index in [1.54, 1.807) is 7.11 Å². The minimum atomic E-state index is -1.13. The number of carboxylic acid groups (broad SMARTS) is 1. The molecule has 0 saturated heterocycles. The number of hydrogen-bond donors (Lipinski definition) is 2. The molecule has 0 radical (unpaired) electrons. The number of carbonyl (C=O) groups excluding carboxylic acids is 1. The average molecular weight is 327 g/mol. The number of nitrogens with one attached hydrogen (secondary N) is 1. The second-order valence-corrected chi connectivity index (χ2v) is 5.50. The predicted octanol–water partition coefficient (Wildman–Crippen LogP) is 3.60. The number of Topliss-reactive ketones (excluding diaryl/α,β-unsaturated/α-hetero) is 1. The Kier molecular flexibility index (Phi) is 6.37. The first-order chi connectivity index (χ1) is 11.6. The molecule has 1 amide bonds. The van der Waals surface area contributed by atoms with Crippen LogP contribution in [0.1, 0.15) is 30.0 Å². The molecule has 5 nitrogen and oxygen atoms in total. The summed E-state index contributed by atoms with van der Waals surface area (Å²) in [4.78, 5) is 23.2. The molecule has 0 aliphatic heterocycles. The summed E-state index contributed by atoms with van der Waals surface area (Å²) in [6.07, 6.45) is 0.00713. The van der Waals surface area contributed by atoms with Crippen LogP contribution in [0.15, 0.2) is 54.6 Å². The fourth-order valence-electron chi connectivity index (χ4n) is 2.49. The lowest BCUT2D eigenvalue weighted by Crippen LogP contribution is -2.28. The maximum atomic E-state index is 12.2. The van der Waals surface area contributed by atoms with Crippen molar-refractivity contribution < 1.29 is 19.4 Å². The summed E-state index contributed by atoms with van der Waals surface area (Å²) in [6.45, 7) is 0. The Morgan fingerprint density at radius 3 is 2.33 bits per heavy atom. The van der Waals surface area contributed by atoms with Gasteiger partial charge in [0.2, 0.25) is 0 Å². The lowest BCUT2D eigenvalue weighted by atomic mass is 9.98. The van der Waals surface area contributed by atoms with Crippen LogP contribution in [-0.4, -0.2) is 24.1 Å². The van der Waals surface area contributed by atoms with Gasteiger partial charge >= 0.3 is 6.09 Å². The van der Waals surface area contributed by atoms with E-state index in [0.717, 1.165) is 16.9 Å². The van der Waals surface area contributed by atoms with Crippen molar-refractivity contribution >= 4 is 11.9 Å². The van der Waals surface area contributed by atoms with Crippen LogP contribution in [0.2, 0.25) is 0 Å². The highest BCUT2D eigenvalue weighted by atomic mass is 16.5. The first-order valence-electron chi connectivity index (χ1n) is 7.77. The highest BCUT2D eigenvalue weighted by Gasteiger charge is 2.17. The topological polar surface area (TPSA) is 75.6 Å². The molecule has 5 heteroatoms. The lowest BCUT2D eigenvalue weighted by Gasteiger charge is -2.16. The number of carbonyl (C=O) groups is 2. The Balaban J connectivity index is 1.93. The number of aryl methyl sites for hydroxylation is 1. The van der Waals surface area contributed by atoms with Gasteiger partial charge in [0.1, 0.15) is 11.5 Å². The zero-order chi connectivity index (χ0) is 17.4. The SMILES string of the molecule is COc1ccc(CCC(=O)CC(NC(=O)O)c2ccccc2)cc1. The van der Waals surface area contributed by atoms with E-state index in [4.69, 9.17) is 9.84 Å². The van der Waals surface area contributed by atoms with E-state index >= 15 is 0 Å². The van der Waals surface area contributed by atoms with Gasteiger partial charge in [0, 0.05) is 12.8 Å². The highest BCUT2D eigenvalue weighted by molar-refractivity contribution is 5.80. The van der Waals surface area contributed by atoms with Crippen molar-refractivity contribution in [1.82, 2.24) is 5.32 Å². The minimum absolute atomic E-state index is 0.0217. The van der Waals surface area contributed by atoms with Crippen LogP contribution >= 0.6 is 0 Å². The summed E-state index contributed by atoms with van der Waals surface area (Å²) >= 11 is 0. The zero-order valence-electron chi connectivity index (χ0n) is 13.6. The molecule has 0 aromatic heterocycles. The van der Waals surface area contributed by atoms with Crippen LogP contribution in [0.5, 0.6) is 5.75 Å². The van der Waals surface area contributed by atoms with Gasteiger partial charge in [-0.1, -0.05) is 42.5 Å². The number of ether oxygens (including phenoxy) is 1. The number of methoxy groups -OCH3 is 1. The van der Waals surface area contributed by atoms with Crippen molar-refractivity contribution in [3.8, 4) is 5.75 Å². The van der Waals surface area contributed by atoms with Crippen LogP contribution in [-0.2, 0) is 11.2 Å². The van der Waals surface area contributed by atoms with Crippen molar-refractivity contribution in [3.63, 3.8) is 0 Å². The third-order valence-electron chi connectivity index (χ3n) is 3.78. The summed E-state index contributed by atoms with van der Waals surface area (Å²) < 4.78 is 5.10. The molecule has 1 atom stereocenters. The molecular formula is C19H21NO4. The summed E-state index contributed by atoms with van der Waals surface area (Å²) in [5, 5.41) is 11.4. The van der Waals surface area contributed by atoms with Gasteiger partial charge in [0.05, 0.1) is 13.2 Å². The van der Waals surface area contributed by atoms with Gasteiger partial charge in [0.25, 0.3) is 0 Å². The number of benzene rings is 2. The van der Waals surface area contributed by atoms with Gasteiger partial charge in [-0.05, 0) is 29.7 Å². The Morgan fingerprint density at radius 1 is 1.08 bits per heavy atom. The molecule has 126 valence electrons. The van der Waals surface area contributed by atoms with E-state index in [9.17, 15) is 9.59 Å². The van der Waals surface area contributed by atoms with Crippen LogP contribution in [0.3, 0.4) is 0 Å². The van der Waals surface area contributed by atoms with E-state index < -0.39 is 12.1 Å². The van der Waals surface area contributed by atoms with E-state index in [1.165, 1.54) is 0 Å². The monoisotopic (exact) mass is 327 g/mol. The fraction of sp³-hybridized carbons (Fsp3) is 0.263. The second kappa shape index (κ2) is 8.72. The molecule has 24 heavy (non-hydrogen) atoms. The van der Waals surface area contributed by atoms with E-state index in [0.29, 0.717) is 12.8 Å². The van der Waals surface area contributed by atoms with Crippen molar-refractivity contribution in [2.45, 2.75) is 25.3 Å². The molecule has 2 aromatic carbocycles. The van der Waals surface area contributed by atoms with Crippen molar-refractivity contribution in [3.05, 3.63) is 65.7 Å². The molecule has 0 spiro atoms. The number of amides is 1. The Bertz CT molecular complexity index is 668. The van der Waals surface area contributed by atoms with Crippen LogP contribution in [0.25, 0.3) is 0 Å². The summed E-state index contributed by atoms with van der Waals surface area (Å²) in [6, 6.07) is 16.2. The van der Waals surface area contributed by atoms with Crippen molar-refractivity contribution in [1.29, 1.82) is 0 Å². The third kappa shape index (κ3) is 5.43. The summed E-state index contributed by atoms with van der Waals surface area (Å²) in [7, 11) is 1.61. The van der Waals surface area contributed by atoms with E-state index in [2.05, 4.69) is 5.32 Å². The third-order valence-corrected chi connectivity index (χ3v) is 3.78. The number of ketones is 1. The molecule has 2 N–H and O–H groups in total. The van der Waals surface area contributed by atoms with Gasteiger partial charge in [-0.3, -0.25) is 4.79 Å². The quantitative estimate of drug-likeness (QED) is 0.777. The molecule has 2 rings (SSSR count). The molecule has 0 heterocycles. The van der Waals surface area contributed by atoms with Crippen molar-refractivity contribution in [2.75, 3.05) is 7.11 Å². The second-order valence-electron chi connectivity index (χ2n) is 5.50. The van der Waals surface area contributed by atoms with Gasteiger partial charge < -0.3 is 15.2 Å². The lowest BCUT2D eigenvalue weighted by molar-refractivity contribution is -0.119. The largest absolute Gasteiger partial charge is 0.497 e. The molecule has 0 aliphatic carbocycles. The molecule has 0 saturated carbocycles. The van der Waals surface area contributed by atoms with Crippen LogP contribution < -0.4 is 10.1 Å². The molecule has 1 unspecified atom stereocenters. The molecule has 0 bridgehead atoms. The average Bonchev–Trinajstić information content (AvgIpc) is 2.60. The zero-order valence-corrected chi connectivity index (χ0v) is 13.6. The van der Waals surface area contributed by atoms with Gasteiger partial charge in [-0.25, -0.2) is 4.79 Å². The molecule has 0 fully saturated rings. The Morgan fingerprint density at radius 2 is 1.75 bits per heavy atom. The van der Waals surface area contributed by atoms with Gasteiger partial charge in [-0.15, -0.1) is 0 Å². The Hall–Kier alpha value is -2.82. The molecule has 2 aromatic rings. The first-order valence-corrected chi connectivity index (χ1v) is 7.77. The van der Waals surface area contributed by atoms with Crippen LogP contribution in [0.4, 0.5) is 4.79 Å². The molecule has 0 aliphatic rings. The fourth-order valence-corrected chi connectivity index (χ4v) is 2.49. The van der Waals surface area contributed by atoms with Gasteiger partial charge in [0.15, 0.2) is 0 Å². The smallest absolute Gasteiger partial charge is 0.405 e. The molecular weight excluding hydrogens is 306 g/mol. The maximum absolute atomic E-state index is 12.2. The van der Waals surface area contributed by atoms with Gasteiger partial charge in [-0.2, -0.15) is 0 Å². The first kappa shape index (κ1) is 17.5. The normalized spacial score (nSPS) is 11.5. The summed E-state index contributed by atoms with van der Waals surface area (Å²) in [5.74, 6) is 0.799. The highest BCUT2D eigenvalue weighted by Crippen LogP contribution is 2.19. The number of rotatable bonds is 8. The van der Waals surface area contributed by atoms with Crippen molar-refractivity contribution in [2.24, 2.45) is 0 Å². The number of hydrogen-bond acceptors (Lipinski definition) is 3. The van der Waals surface area contributed by atoms with E-state index in [1.807, 2.05) is 54.6 Å². The Labute approximate surface area is 141 Å². The maximum Gasteiger partial charge on any atom is 0.405 e. The van der Waals surface area contributed by atoms with E-state index in [-0.39, 0.29) is 12.2 Å².